The van der Waals surface area contributed by atoms with Crippen LogP contribution in [0.4, 0.5) is 17.1 Å². The Hall–Kier alpha value is -4.65. The Kier molecular flexibility index (Phi) is 9.67. The fourth-order valence-electron chi connectivity index (χ4n) is 3.75. The number of para-hydroxylation sites is 2. The van der Waals surface area contributed by atoms with Crippen molar-refractivity contribution in [2.24, 2.45) is 0 Å². The third kappa shape index (κ3) is 6.67. The first kappa shape index (κ1) is 29.9. The molecule has 3 aromatic rings. The molecule has 0 bridgehead atoms. The van der Waals surface area contributed by atoms with Crippen LogP contribution in [0.1, 0.15) is 30.6 Å². The monoisotopic (exact) mass is 570 g/mol. The average Bonchev–Trinajstić information content (AvgIpc) is 2.95. The van der Waals surface area contributed by atoms with Crippen LogP contribution in [0.5, 0.6) is 11.5 Å². The van der Waals surface area contributed by atoms with Gasteiger partial charge in [0.05, 0.1) is 36.1 Å². The zero-order valence-corrected chi connectivity index (χ0v) is 23.2. The molecule has 3 rings (SSSR count). The quantitative estimate of drug-likeness (QED) is 0.245. The lowest BCUT2D eigenvalue weighted by Crippen LogP contribution is -2.39. The summed E-state index contributed by atoms with van der Waals surface area (Å²) in [6.45, 7) is 2.96. The molecule has 0 aliphatic rings. The predicted octanol–water partition coefficient (Wildman–Crippen LogP) is 3.97. The molecule has 0 aromatic heterocycles. The third-order valence-electron chi connectivity index (χ3n) is 6.01. The average molecular weight is 571 g/mol. The van der Waals surface area contributed by atoms with Gasteiger partial charge in [0.1, 0.15) is 18.0 Å². The van der Waals surface area contributed by atoms with Crippen LogP contribution in [0.25, 0.3) is 0 Å². The molecule has 0 saturated heterocycles. The van der Waals surface area contributed by atoms with E-state index in [1.807, 2.05) is 13.8 Å². The number of sulfonamides is 1. The first-order valence-corrected chi connectivity index (χ1v) is 13.6. The summed E-state index contributed by atoms with van der Waals surface area (Å²) in [4.78, 5) is 36.3. The number of nitrogens with zero attached hydrogens (tertiary/aromatic N) is 2. The molecule has 0 aliphatic carbocycles. The van der Waals surface area contributed by atoms with Gasteiger partial charge in [0, 0.05) is 18.2 Å². The second-order valence-electron chi connectivity index (χ2n) is 8.65. The van der Waals surface area contributed by atoms with Gasteiger partial charge in [-0.2, -0.15) is 0 Å². The topological polar surface area (TPSA) is 157 Å². The van der Waals surface area contributed by atoms with Crippen LogP contribution in [0.3, 0.4) is 0 Å². The highest BCUT2D eigenvalue weighted by atomic mass is 32.2. The summed E-state index contributed by atoms with van der Waals surface area (Å²) >= 11 is 0. The lowest BCUT2D eigenvalue weighted by molar-refractivity contribution is -0.387. The number of hydrogen-bond donors (Lipinski definition) is 2. The summed E-state index contributed by atoms with van der Waals surface area (Å²) in [5.41, 5.74) is -0.365. The number of amides is 2. The Labute approximate surface area is 232 Å². The molecule has 0 radical (unpaired) electrons. The van der Waals surface area contributed by atoms with E-state index in [1.165, 1.54) is 56.7 Å². The van der Waals surface area contributed by atoms with Crippen LogP contribution in [0.2, 0.25) is 0 Å². The summed E-state index contributed by atoms with van der Waals surface area (Å²) in [6.07, 6.45) is 0.697. The van der Waals surface area contributed by atoms with Gasteiger partial charge in [-0.05, 0) is 43.7 Å². The fourth-order valence-corrected chi connectivity index (χ4v) is 5.34. The molecule has 13 heteroatoms. The minimum absolute atomic E-state index is 0.0441. The van der Waals surface area contributed by atoms with Gasteiger partial charge in [0.25, 0.3) is 21.6 Å². The highest BCUT2D eigenvalue weighted by molar-refractivity contribution is 7.93. The van der Waals surface area contributed by atoms with Crippen LogP contribution < -0.4 is 24.4 Å². The molecule has 2 N–H and O–H groups in total. The summed E-state index contributed by atoms with van der Waals surface area (Å²) < 4.78 is 39.1. The van der Waals surface area contributed by atoms with Crippen molar-refractivity contribution in [2.45, 2.75) is 31.2 Å². The van der Waals surface area contributed by atoms with Gasteiger partial charge in [-0.1, -0.05) is 31.2 Å². The number of rotatable bonds is 12. The van der Waals surface area contributed by atoms with Crippen molar-refractivity contribution >= 4 is 38.9 Å². The van der Waals surface area contributed by atoms with E-state index >= 15 is 0 Å². The number of methoxy groups -OCH3 is 2. The number of benzene rings is 3. The van der Waals surface area contributed by atoms with Crippen molar-refractivity contribution < 1.29 is 32.4 Å². The Balaban J connectivity index is 2.06. The van der Waals surface area contributed by atoms with Crippen LogP contribution in [-0.2, 0) is 14.8 Å². The largest absolute Gasteiger partial charge is 0.497 e. The van der Waals surface area contributed by atoms with Gasteiger partial charge in [0.15, 0.2) is 4.90 Å². The summed E-state index contributed by atoms with van der Waals surface area (Å²) in [6, 6.07) is 15.3. The van der Waals surface area contributed by atoms with E-state index in [0.29, 0.717) is 16.5 Å². The number of carbonyl (C=O) groups is 2. The van der Waals surface area contributed by atoms with E-state index in [2.05, 4.69) is 10.6 Å². The van der Waals surface area contributed by atoms with E-state index in [-0.39, 0.29) is 28.7 Å². The minimum Gasteiger partial charge on any atom is -0.497 e. The van der Waals surface area contributed by atoms with Crippen molar-refractivity contribution in [2.75, 3.05) is 30.4 Å². The fraction of sp³-hybridized carbons (Fsp3) is 0.259. The SMILES string of the molecule is CC[C@H](C)NC(=O)c1ccccc1NC(=O)CN(c1ccc(OC)cc1OC)S(=O)(=O)c1ccccc1[N+](=O)[O-]. The molecule has 1 atom stereocenters. The highest BCUT2D eigenvalue weighted by Gasteiger charge is 2.35. The molecule has 0 spiro atoms. The number of hydrogen-bond acceptors (Lipinski definition) is 8. The van der Waals surface area contributed by atoms with Crippen molar-refractivity contribution in [1.82, 2.24) is 5.32 Å². The molecule has 40 heavy (non-hydrogen) atoms. The standard InChI is InChI=1S/C27H30N4O8S/c1-5-18(2)28-27(33)20-10-6-7-11-21(20)29-26(32)17-30(22-15-14-19(38-3)16-24(22)39-4)40(36,37)25-13-9-8-12-23(25)31(34)35/h6-16,18H,5,17H2,1-4H3,(H,28,33)(H,29,32)/t18-/m0/s1. The molecule has 0 aliphatic heterocycles. The lowest BCUT2D eigenvalue weighted by atomic mass is 10.1. The van der Waals surface area contributed by atoms with E-state index < -0.39 is 43.9 Å². The van der Waals surface area contributed by atoms with Crippen molar-refractivity contribution in [3.05, 3.63) is 82.4 Å². The summed E-state index contributed by atoms with van der Waals surface area (Å²) in [7, 11) is -1.96. The summed E-state index contributed by atoms with van der Waals surface area (Å²) in [5.74, 6) is -0.813. The number of anilines is 2. The maximum Gasteiger partial charge on any atom is 0.289 e. The molecule has 2 amide bonds. The summed E-state index contributed by atoms with van der Waals surface area (Å²) in [5, 5.41) is 17.1. The molecule has 0 fully saturated rings. The number of nitrogens with one attached hydrogen (secondary N) is 2. The van der Waals surface area contributed by atoms with Crippen molar-refractivity contribution in [3.8, 4) is 11.5 Å². The van der Waals surface area contributed by atoms with E-state index in [4.69, 9.17) is 9.47 Å². The van der Waals surface area contributed by atoms with E-state index in [0.717, 1.165) is 12.1 Å². The zero-order valence-electron chi connectivity index (χ0n) is 22.4. The predicted molar refractivity (Wildman–Crippen MR) is 149 cm³/mol. The minimum atomic E-state index is -4.68. The maximum atomic E-state index is 13.9. The van der Waals surface area contributed by atoms with Gasteiger partial charge >= 0.3 is 0 Å². The van der Waals surface area contributed by atoms with Gasteiger partial charge in [-0.15, -0.1) is 0 Å². The third-order valence-corrected chi connectivity index (χ3v) is 7.82. The van der Waals surface area contributed by atoms with Crippen LogP contribution in [0.15, 0.2) is 71.6 Å². The number of nitro groups is 1. The van der Waals surface area contributed by atoms with Crippen LogP contribution in [-0.4, -0.2) is 52.0 Å². The van der Waals surface area contributed by atoms with Crippen molar-refractivity contribution in [1.29, 1.82) is 0 Å². The van der Waals surface area contributed by atoms with E-state index in [9.17, 15) is 28.1 Å². The smallest absolute Gasteiger partial charge is 0.289 e. The highest BCUT2D eigenvalue weighted by Crippen LogP contribution is 2.37. The van der Waals surface area contributed by atoms with Gasteiger partial charge in [-0.25, -0.2) is 8.42 Å². The second-order valence-corrected chi connectivity index (χ2v) is 10.5. The Morgan fingerprint density at radius 2 is 1.70 bits per heavy atom. The molecular formula is C27H30N4O8S. The molecular weight excluding hydrogens is 540 g/mol. The Morgan fingerprint density at radius 1 is 1.02 bits per heavy atom. The first-order valence-electron chi connectivity index (χ1n) is 12.2. The van der Waals surface area contributed by atoms with Crippen LogP contribution in [0, 0.1) is 10.1 Å². The lowest BCUT2D eigenvalue weighted by Gasteiger charge is -2.26. The van der Waals surface area contributed by atoms with Gasteiger partial charge in [-0.3, -0.25) is 24.0 Å². The second kappa shape index (κ2) is 12.9. The normalized spacial score (nSPS) is 11.7. The maximum absolute atomic E-state index is 13.9. The first-order chi connectivity index (χ1) is 19.0. The van der Waals surface area contributed by atoms with Crippen LogP contribution >= 0.6 is 0 Å². The molecule has 212 valence electrons. The Morgan fingerprint density at radius 3 is 2.35 bits per heavy atom. The number of ether oxygens (including phenoxy) is 2. The molecule has 0 unspecified atom stereocenters. The zero-order chi connectivity index (χ0) is 29.4. The van der Waals surface area contributed by atoms with Crippen molar-refractivity contribution in [3.63, 3.8) is 0 Å². The molecule has 12 nitrogen and oxygen atoms in total. The number of carbonyl (C=O) groups excluding carboxylic acids is 2. The molecule has 0 heterocycles. The molecule has 3 aromatic carbocycles. The van der Waals surface area contributed by atoms with Gasteiger partial charge in [0.2, 0.25) is 5.91 Å². The van der Waals surface area contributed by atoms with E-state index in [1.54, 1.807) is 12.1 Å². The number of nitro benzene ring substituents is 1. The Bertz CT molecular complexity index is 1510. The molecule has 0 saturated carbocycles. The van der Waals surface area contributed by atoms with Gasteiger partial charge < -0.3 is 20.1 Å².